The lowest BCUT2D eigenvalue weighted by molar-refractivity contribution is -0.118. The number of ether oxygens (including phenoxy) is 2. The number of rotatable bonds is 10. The average molecular weight is 420 g/mol. The molecule has 3 aromatic rings. The minimum absolute atomic E-state index is 0.0684. The van der Waals surface area contributed by atoms with Crippen molar-refractivity contribution in [3.63, 3.8) is 0 Å². The summed E-state index contributed by atoms with van der Waals surface area (Å²) in [6.07, 6.45) is 2.96. The highest BCUT2D eigenvalue weighted by atomic mass is 16.5. The summed E-state index contributed by atoms with van der Waals surface area (Å²) in [5.41, 5.74) is 1.52. The van der Waals surface area contributed by atoms with Crippen LogP contribution in [0, 0.1) is 0 Å². The molecule has 0 aliphatic heterocycles. The molecule has 0 atom stereocenters. The lowest BCUT2D eigenvalue weighted by Crippen LogP contribution is -2.36. The zero-order valence-corrected chi connectivity index (χ0v) is 17.2. The molecule has 7 heteroatoms. The summed E-state index contributed by atoms with van der Waals surface area (Å²) >= 11 is 0. The van der Waals surface area contributed by atoms with Gasteiger partial charge in [0.15, 0.2) is 0 Å². The van der Waals surface area contributed by atoms with Crippen molar-refractivity contribution in [3.05, 3.63) is 95.6 Å². The van der Waals surface area contributed by atoms with E-state index in [1.807, 2.05) is 30.3 Å². The molecule has 1 heterocycles. The van der Waals surface area contributed by atoms with Crippen LogP contribution in [-0.2, 0) is 16.1 Å². The van der Waals surface area contributed by atoms with E-state index in [1.165, 1.54) is 12.3 Å². The molecule has 0 saturated carbocycles. The number of nitrogens with one attached hydrogen (secondary N) is 2. The third-order valence-electron chi connectivity index (χ3n) is 4.32. The summed E-state index contributed by atoms with van der Waals surface area (Å²) in [5, 5.41) is 5.39. The summed E-state index contributed by atoms with van der Waals surface area (Å²) in [5.74, 6) is 0.217. The van der Waals surface area contributed by atoms with E-state index in [0.717, 1.165) is 5.56 Å². The van der Waals surface area contributed by atoms with Gasteiger partial charge in [-0.25, -0.2) is 0 Å². The second kappa shape index (κ2) is 11.4. The van der Waals surface area contributed by atoms with Crippen molar-refractivity contribution >= 4 is 17.9 Å². The molecule has 160 valence electrons. The molecule has 2 N–H and O–H groups in total. The Morgan fingerprint density at radius 2 is 1.77 bits per heavy atom. The summed E-state index contributed by atoms with van der Waals surface area (Å²) in [7, 11) is 1.55. The molecule has 0 saturated heterocycles. The van der Waals surface area contributed by atoms with E-state index in [2.05, 4.69) is 10.6 Å². The predicted molar refractivity (Wildman–Crippen MR) is 116 cm³/mol. The van der Waals surface area contributed by atoms with Gasteiger partial charge < -0.3 is 24.5 Å². The first-order chi connectivity index (χ1) is 15.2. The zero-order valence-electron chi connectivity index (χ0n) is 17.2. The van der Waals surface area contributed by atoms with Crippen LogP contribution in [0.2, 0.25) is 0 Å². The van der Waals surface area contributed by atoms with Gasteiger partial charge in [0.05, 0.1) is 26.6 Å². The molecule has 0 aliphatic rings. The Bertz CT molecular complexity index is 996. The molecular formula is C24H24N2O5. The molecule has 0 fully saturated rings. The first-order valence-corrected chi connectivity index (χ1v) is 9.76. The van der Waals surface area contributed by atoms with Gasteiger partial charge in [0, 0.05) is 18.2 Å². The quantitative estimate of drug-likeness (QED) is 0.388. The molecule has 0 unspecified atom stereocenters. The monoisotopic (exact) mass is 420 g/mol. The molecule has 0 bridgehead atoms. The van der Waals surface area contributed by atoms with E-state index in [0.29, 0.717) is 36.8 Å². The molecule has 2 aromatic carbocycles. The largest absolute Gasteiger partial charge is 0.497 e. The Hall–Kier alpha value is -3.84. The maximum absolute atomic E-state index is 12.7. The van der Waals surface area contributed by atoms with E-state index in [1.54, 1.807) is 43.5 Å². The van der Waals surface area contributed by atoms with Gasteiger partial charge in [0.1, 0.15) is 17.2 Å². The lowest BCUT2D eigenvalue weighted by Gasteiger charge is -2.11. The predicted octanol–water partition coefficient (Wildman–Crippen LogP) is 3.39. The van der Waals surface area contributed by atoms with Crippen LogP contribution in [0.1, 0.15) is 21.7 Å². The Morgan fingerprint density at radius 3 is 2.45 bits per heavy atom. The van der Waals surface area contributed by atoms with Crippen LogP contribution in [0.5, 0.6) is 5.75 Å². The Morgan fingerprint density at radius 1 is 1.00 bits per heavy atom. The highest BCUT2D eigenvalue weighted by molar-refractivity contribution is 6.05. The number of furan rings is 1. The number of carbonyl (C=O) groups excluding carboxylic acids is 2. The summed E-state index contributed by atoms with van der Waals surface area (Å²) in [6, 6.07) is 19.7. The van der Waals surface area contributed by atoms with Crippen LogP contribution < -0.4 is 15.4 Å². The van der Waals surface area contributed by atoms with Crippen molar-refractivity contribution in [3.8, 4) is 5.75 Å². The van der Waals surface area contributed by atoms with Crippen LogP contribution in [-0.4, -0.2) is 32.1 Å². The molecule has 31 heavy (non-hydrogen) atoms. The van der Waals surface area contributed by atoms with E-state index in [9.17, 15) is 9.59 Å². The summed E-state index contributed by atoms with van der Waals surface area (Å²) in [4.78, 5) is 25.3. The first-order valence-electron chi connectivity index (χ1n) is 9.76. The number of amides is 2. The molecule has 2 amide bonds. The van der Waals surface area contributed by atoms with Crippen molar-refractivity contribution in [1.82, 2.24) is 10.6 Å². The van der Waals surface area contributed by atoms with Gasteiger partial charge >= 0.3 is 0 Å². The van der Waals surface area contributed by atoms with Gasteiger partial charge in [-0.2, -0.15) is 0 Å². The first kappa shape index (κ1) is 21.9. The Kier molecular flexibility index (Phi) is 8.02. The molecule has 0 aliphatic carbocycles. The summed E-state index contributed by atoms with van der Waals surface area (Å²) < 4.78 is 16.0. The topological polar surface area (TPSA) is 89.8 Å². The lowest BCUT2D eigenvalue weighted by atomic mass is 10.2. The fraction of sp³-hybridized carbons (Fsp3) is 0.167. The van der Waals surface area contributed by atoms with Gasteiger partial charge in [-0.1, -0.05) is 30.3 Å². The fourth-order valence-electron chi connectivity index (χ4n) is 2.71. The Balaban J connectivity index is 1.57. The molecule has 0 spiro atoms. The number of hydrogen-bond donors (Lipinski definition) is 2. The SMILES string of the molecule is COc1ccc(C(=O)N/C(=C\c2ccco2)C(=O)NCCOCc2ccccc2)cc1. The molecule has 0 radical (unpaired) electrons. The molecule has 1 aromatic heterocycles. The minimum Gasteiger partial charge on any atom is -0.497 e. The van der Waals surface area contributed by atoms with Crippen molar-refractivity contribution in [2.45, 2.75) is 6.61 Å². The maximum atomic E-state index is 12.7. The number of hydrogen-bond acceptors (Lipinski definition) is 5. The molecule has 7 nitrogen and oxygen atoms in total. The van der Waals surface area contributed by atoms with E-state index in [-0.39, 0.29) is 5.70 Å². The second-order valence-corrected chi connectivity index (χ2v) is 6.55. The average Bonchev–Trinajstić information content (AvgIpc) is 3.32. The van der Waals surface area contributed by atoms with Crippen molar-refractivity contribution in [2.75, 3.05) is 20.3 Å². The fourth-order valence-corrected chi connectivity index (χ4v) is 2.71. The number of carbonyl (C=O) groups is 2. The highest BCUT2D eigenvalue weighted by Gasteiger charge is 2.15. The standard InChI is InChI=1S/C24H24N2O5/c1-29-20-11-9-19(10-12-20)23(27)26-22(16-21-8-5-14-31-21)24(28)25-13-15-30-17-18-6-3-2-4-7-18/h2-12,14,16H,13,15,17H2,1H3,(H,25,28)(H,26,27)/b22-16-. The van der Waals surface area contributed by atoms with Gasteiger partial charge in [-0.3, -0.25) is 9.59 Å². The van der Waals surface area contributed by atoms with Crippen molar-refractivity contribution in [2.24, 2.45) is 0 Å². The summed E-state index contributed by atoms with van der Waals surface area (Å²) in [6.45, 7) is 1.08. The van der Waals surface area contributed by atoms with Crippen LogP contribution in [0.4, 0.5) is 0 Å². The van der Waals surface area contributed by atoms with Crippen molar-refractivity contribution in [1.29, 1.82) is 0 Å². The Labute approximate surface area is 180 Å². The van der Waals surface area contributed by atoms with Crippen molar-refractivity contribution < 1.29 is 23.5 Å². The van der Waals surface area contributed by atoms with Gasteiger partial charge in [0.2, 0.25) is 0 Å². The number of benzene rings is 2. The maximum Gasteiger partial charge on any atom is 0.268 e. The van der Waals surface area contributed by atoms with Gasteiger partial charge in [-0.15, -0.1) is 0 Å². The zero-order chi connectivity index (χ0) is 21.9. The third-order valence-corrected chi connectivity index (χ3v) is 4.32. The van der Waals surface area contributed by atoms with E-state index < -0.39 is 11.8 Å². The second-order valence-electron chi connectivity index (χ2n) is 6.55. The van der Waals surface area contributed by atoms with Crippen LogP contribution >= 0.6 is 0 Å². The smallest absolute Gasteiger partial charge is 0.268 e. The highest BCUT2D eigenvalue weighted by Crippen LogP contribution is 2.12. The van der Waals surface area contributed by atoms with E-state index in [4.69, 9.17) is 13.9 Å². The van der Waals surface area contributed by atoms with Crippen LogP contribution in [0.15, 0.2) is 83.1 Å². The minimum atomic E-state index is -0.443. The molecular weight excluding hydrogens is 396 g/mol. The van der Waals surface area contributed by atoms with Crippen LogP contribution in [0.3, 0.4) is 0 Å². The molecule has 3 rings (SSSR count). The number of methoxy groups -OCH3 is 1. The third kappa shape index (κ3) is 6.87. The normalized spacial score (nSPS) is 11.1. The van der Waals surface area contributed by atoms with Gasteiger partial charge in [0.25, 0.3) is 11.8 Å². The van der Waals surface area contributed by atoms with E-state index >= 15 is 0 Å². The van der Waals surface area contributed by atoms with Gasteiger partial charge in [-0.05, 0) is 42.0 Å². The van der Waals surface area contributed by atoms with Crippen LogP contribution in [0.25, 0.3) is 6.08 Å².